The molecule has 2 atom stereocenters. The molecule has 0 bridgehead atoms. The van der Waals surface area contributed by atoms with E-state index in [0.29, 0.717) is 6.04 Å². The van der Waals surface area contributed by atoms with Crippen molar-refractivity contribution in [3.05, 3.63) is 18.6 Å². The Hall–Kier alpha value is -1.62. The molecule has 0 radical (unpaired) electrons. The normalized spacial score (nSPS) is 25.4. The number of anilines is 1. The number of aliphatic hydroxyl groups is 1. The maximum atomic E-state index is 9.65. The van der Waals surface area contributed by atoms with Gasteiger partial charge in [0.05, 0.1) is 11.5 Å². The average Bonchev–Trinajstić information content (AvgIpc) is 2.77. The number of hydrogen-bond acceptors (Lipinski definition) is 4. The van der Waals surface area contributed by atoms with Crippen LogP contribution < -0.4 is 4.90 Å². The molecule has 0 saturated carbocycles. The number of aromatic nitrogens is 3. The standard InChI is InChI=1S/C12H16N4O/c1-8-6-9(17)3-5-16(8)12-10-2-4-13-11(10)14-7-15-12/h2,4,7-9,17H,3,5-6H2,1H3,(H,13,14,15). The van der Waals surface area contributed by atoms with Gasteiger partial charge in [-0.15, -0.1) is 0 Å². The van der Waals surface area contributed by atoms with Gasteiger partial charge in [-0.25, -0.2) is 9.97 Å². The molecular formula is C12H16N4O. The molecule has 5 nitrogen and oxygen atoms in total. The molecule has 17 heavy (non-hydrogen) atoms. The highest BCUT2D eigenvalue weighted by atomic mass is 16.3. The quantitative estimate of drug-likeness (QED) is 0.778. The average molecular weight is 232 g/mol. The molecule has 2 unspecified atom stereocenters. The number of hydrogen-bond donors (Lipinski definition) is 2. The second-order valence-electron chi connectivity index (χ2n) is 4.66. The van der Waals surface area contributed by atoms with E-state index in [-0.39, 0.29) is 6.10 Å². The van der Waals surface area contributed by atoms with Gasteiger partial charge in [0.25, 0.3) is 0 Å². The molecule has 3 heterocycles. The van der Waals surface area contributed by atoms with Gasteiger partial charge in [-0.2, -0.15) is 0 Å². The van der Waals surface area contributed by atoms with Gasteiger partial charge in [0, 0.05) is 18.8 Å². The predicted octanol–water partition coefficient (Wildman–Crippen LogP) is 1.31. The highest BCUT2D eigenvalue weighted by Crippen LogP contribution is 2.28. The molecule has 2 N–H and O–H groups in total. The summed E-state index contributed by atoms with van der Waals surface area (Å²) in [6, 6.07) is 2.31. The van der Waals surface area contributed by atoms with E-state index in [0.717, 1.165) is 36.2 Å². The van der Waals surface area contributed by atoms with E-state index >= 15 is 0 Å². The molecule has 0 aromatic carbocycles. The van der Waals surface area contributed by atoms with Crippen molar-refractivity contribution >= 4 is 16.9 Å². The lowest BCUT2D eigenvalue weighted by Gasteiger charge is -2.36. The third-order valence-corrected chi connectivity index (χ3v) is 3.45. The Kier molecular flexibility index (Phi) is 2.48. The highest BCUT2D eigenvalue weighted by molar-refractivity contribution is 5.87. The van der Waals surface area contributed by atoms with E-state index in [1.54, 1.807) is 6.33 Å². The zero-order valence-electron chi connectivity index (χ0n) is 9.80. The maximum Gasteiger partial charge on any atom is 0.142 e. The molecule has 90 valence electrons. The van der Waals surface area contributed by atoms with E-state index in [1.807, 2.05) is 12.3 Å². The van der Waals surface area contributed by atoms with Crippen LogP contribution in [0.5, 0.6) is 0 Å². The van der Waals surface area contributed by atoms with Crippen LogP contribution in [0, 0.1) is 0 Å². The fraction of sp³-hybridized carbons (Fsp3) is 0.500. The Morgan fingerprint density at radius 3 is 3.18 bits per heavy atom. The van der Waals surface area contributed by atoms with Crippen LogP contribution in [0.3, 0.4) is 0 Å². The molecule has 0 spiro atoms. The van der Waals surface area contributed by atoms with E-state index in [2.05, 4.69) is 26.8 Å². The lowest BCUT2D eigenvalue weighted by atomic mass is 10.0. The van der Waals surface area contributed by atoms with E-state index < -0.39 is 0 Å². The number of nitrogens with one attached hydrogen (secondary N) is 1. The number of H-pyrrole nitrogens is 1. The summed E-state index contributed by atoms with van der Waals surface area (Å²) in [7, 11) is 0. The Bertz CT molecular complexity index is 524. The van der Waals surface area contributed by atoms with E-state index in [4.69, 9.17) is 0 Å². The van der Waals surface area contributed by atoms with Crippen LogP contribution in [-0.4, -0.2) is 38.7 Å². The molecule has 2 aromatic heterocycles. The topological polar surface area (TPSA) is 65.0 Å². The summed E-state index contributed by atoms with van der Waals surface area (Å²) < 4.78 is 0. The minimum absolute atomic E-state index is 0.176. The zero-order valence-corrected chi connectivity index (χ0v) is 9.80. The predicted molar refractivity (Wildman–Crippen MR) is 65.9 cm³/mol. The molecule has 1 aliphatic rings. The molecule has 5 heteroatoms. The first kappa shape index (κ1) is 10.5. The number of piperidine rings is 1. The second-order valence-corrected chi connectivity index (χ2v) is 4.66. The largest absolute Gasteiger partial charge is 0.393 e. The van der Waals surface area contributed by atoms with Crippen molar-refractivity contribution in [1.82, 2.24) is 15.0 Å². The van der Waals surface area contributed by atoms with Crippen molar-refractivity contribution in [2.45, 2.75) is 31.9 Å². The van der Waals surface area contributed by atoms with Crippen LogP contribution in [0.4, 0.5) is 5.82 Å². The Morgan fingerprint density at radius 2 is 2.35 bits per heavy atom. The lowest BCUT2D eigenvalue weighted by Crippen LogP contribution is -2.43. The summed E-state index contributed by atoms with van der Waals surface area (Å²) in [6.45, 7) is 2.97. The third kappa shape index (κ3) is 1.76. The zero-order chi connectivity index (χ0) is 11.8. The molecule has 0 aliphatic carbocycles. The molecule has 2 aromatic rings. The third-order valence-electron chi connectivity index (χ3n) is 3.45. The molecule has 1 fully saturated rings. The monoisotopic (exact) mass is 232 g/mol. The van der Waals surface area contributed by atoms with E-state index in [1.165, 1.54) is 0 Å². The van der Waals surface area contributed by atoms with Crippen molar-refractivity contribution in [2.24, 2.45) is 0 Å². The summed E-state index contributed by atoms with van der Waals surface area (Å²) in [5, 5.41) is 10.7. The number of aromatic amines is 1. The van der Waals surface area contributed by atoms with Gasteiger partial charge in [0.1, 0.15) is 17.8 Å². The van der Waals surface area contributed by atoms with Crippen LogP contribution in [0.15, 0.2) is 18.6 Å². The fourth-order valence-electron chi connectivity index (χ4n) is 2.55. The van der Waals surface area contributed by atoms with Crippen LogP contribution in [0.2, 0.25) is 0 Å². The first-order chi connectivity index (χ1) is 8.25. The van der Waals surface area contributed by atoms with Gasteiger partial charge in [0.2, 0.25) is 0 Å². The van der Waals surface area contributed by atoms with Crippen LogP contribution in [-0.2, 0) is 0 Å². The van der Waals surface area contributed by atoms with Gasteiger partial charge in [-0.3, -0.25) is 0 Å². The summed E-state index contributed by atoms with van der Waals surface area (Å²) in [5.41, 5.74) is 0.869. The summed E-state index contributed by atoms with van der Waals surface area (Å²) in [6.07, 6.45) is 4.90. The van der Waals surface area contributed by atoms with Crippen molar-refractivity contribution < 1.29 is 5.11 Å². The van der Waals surface area contributed by atoms with Crippen LogP contribution in [0.25, 0.3) is 11.0 Å². The molecule has 1 aliphatic heterocycles. The Morgan fingerprint density at radius 1 is 1.47 bits per heavy atom. The van der Waals surface area contributed by atoms with Gasteiger partial charge in [-0.1, -0.05) is 0 Å². The van der Waals surface area contributed by atoms with Crippen molar-refractivity contribution in [3.8, 4) is 0 Å². The van der Waals surface area contributed by atoms with Crippen LogP contribution in [0.1, 0.15) is 19.8 Å². The van der Waals surface area contributed by atoms with Crippen LogP contribution >= 0.6 is 0 Å². The minimum atomic E-state index is -0.176. The van der Waals surface area contributed by atoms with E-state index in [9.17, 15) is 5.11 Å². The molecule has 0 amide bonds. The SMILES string of the molecule is CC1CC(O)CCN1c1ncnc2[nH]ccc12. The van der Waals surface area contributed by atoms with Gasteiger partial charge < -0.3 is 15.0 Å². The van der Waals surface area contributed by atoms with Gasteiger partial charge >= 0.3 is 0 Å². The molecule has 3 rings (SSSR count). The maximum absolute atomic E-state index is 9.65. The fourth-order valence-corrected chi connectivity index (χ4v) is 2.55. The summed E-state index contributed by atoms with van der Waals surface area (Å²) >= 11 is 0. The van der Waals surface area contributed by atoms with Crippen molar-refractivity contribution in [2.75, 3.05) is 11.4 Å². The summed E-state index contributed by atoms with van der Waals surface area (Å²) in [5.74, 6) is 0.968. The number of nitrogens with zero attached hydrogens (tertiary/aromatic N) is 3. The van der Waals surface area contributed by atoms with Gasteiger partial charge in [-0.05, 0) is 25.8 Å². The Balaban J connectivity index is 2.00. The second kappa shape index (κ2) is 4.00. The van der Waals surface area contributed by atoms with Crippen molar-refractivity contribution in [3.63, 3.8) is 0 Å². The smallest absolute Gasteiger partial charge is 0.142 e. The van der Waals surface area contributed by atoms with Crippen molar-refractivity contribution in [1.29, 1.82) is 0 Å². The first-order valence-electron chi connectivity index (χ1n) is 5.98. The van der Waals surface area contributed by atoms with Gasteiger partial charge in [0.15, 0.2) is 0 Å². The first-order valence-corrected chi connectivity index (χ1v) is 5.98. The lowest BCUT2D eigenvalue weighted by molar-refractivity contribution is 0.131. The summed E-state index contributed by atoms with van der Waals surface area (Å²) in [4.78, 5) is 13.9. The highest BCUT2D eigenvalue weighted by Gasteiger charge is 2.26. The number of rotatable bonds is 1. The molecule has 1 saturated heterocycles. The number of fused-ring (bicyclic) bond motifs is 1. The molecular weight excluding hydrogens is 216 g/mol. The minimum Gasteiger partial charge on any atom is -0.393 e. The Labute approximate surface area is 99.5 Å². The number of aliphatic hydroxyl groups excluding tert-OH is 1.